The second-order valence-corrected chi connectivity index (χ2v) is 9.28. The van der Waals surface area contributed by atoms with Crippen LogP contribution in [0.15, 0.2) is 35.3 Å². The molecule has 1 amide bonds. The van der Waals surface area contributed by atoms with E-state index in [2.05, 4.69) is 20.9 Å². The Hall–Kier alpha value is -3.36. The number of rotatable bonds is 6. The van der Waals surface area contributed by atoms with Gasteiger partial charge in [-0.25, -0.2) is 9.18 Å². The van der Waals surface area contributed by atoms with E-state index < -0.39 is 23.1 Å². The molecule has 1 heterocycles. The zero-order chi connectivity index (χ0) is 24.0. The number of amides is 1. The van der Waals surface area contributed by atoms with E-state index in [1.165, 1.54) is 18.6 Å². The summed E-state index contributed by atoms with van der Waals surface area (Å²) in [5.41, 5.74) is 0.482. The van der Waals surface area contributed by atoms with Crippen molar-refractivity contribution in [2.75, 3.05) is 10.6 Å². The summed E-state index contributed by atoms with van der Waals surface area (Å²) < 4.78 is 19.4. The predicted molar refractivity (Wildman–Crippen MR) is 127 cm³/mol. The van der Waals surface area contributed by atoms with Crippen LogP contribution in [0.25, 0.3) is 0 Å². The van der Waals surface area contributed by atoms with E-state index in [1.54, 1.807) is 39.1 Å². The average Bonchev–Trinajstić information content (AvgIpc) is 2.71. The quantitative estimate of drug-likeness (QED) is 0.318. The maximum absolute atomic E-state index is 14.2. The molecule has 1 aliphatic carbocycles. The number of pyridine rings is 1. The van der Waals surface area contributed by atoms with Gasteiger partial charge in [0.25, 0.3) is 5.56 Å². The van der Waals surface area contributed by atoms with Gasteiger partial charge in [0.05, 0.1) is 5.69 Å². The number of ether oxygens (including phenoxy) is 1. The monoisotopic (exact) mass is 457 g/mol. The zero-order valence-corrected chi connectivity index (χ0v) is 19.3. The number of anilines is 2. The van der Waals surface area contributed by atoms with Crippen molar-refractivity contribution in [1.82, 2.24) is 10.3 Å². The Morgan fingerprint density at radius 1 is 1.21 bits per heavy atom. The zero-order valence-electron chi connectivity index (χ0n) is 19.3. The van der Waals surface area contributed by atoms with E-state index in [0.717, 1.165) is 25.7 Å². The van der Waals surface area contributed by atoms with Crippen LogP contribution in [-0.2, 0) is 11.3 Å². The normalized spacial score (nSPS) is 14.4. The molecule has 0 radical (unpaired) electrons. The van der Waals surface area contributed by atoms with Crippen molar-refractivity contribution >= 4 is 23.3 Å². The predicted octanol–water partition coefficient (Wildman–Crippen LogP) is 4.72. The Bertz CT molecular complexity index is 1050. The number of nitrogens with one attached hydrogen (secondary N) is 5. The average molecular weight is 458 g/mol. The maximum atomic E-state index is 14.2. The molecule has 5 N–H and O–H groups in total. The van der Waals surface area contributed by atoms with Gasteiger partial charge in [0, 0.05) is 24.5 Å². The summed E-state index contributed by atoms with van der Waals surface area (Å²) in [6, 6.07) is 6.13. The van der Waals surface area contributed by atoms with Crippen LogP contribution in [0.1, 0.15) is 64.0 Å². The van der Waals surface area contributed by atoms with Gasteiger partial charge in [-0.05, 0) is 63.4 Å². The molecular weight excluding hydrogens is 425 g/mol. The number of carbonyl (C=O) groups is 1. The first-order chi connectivity index (χ1) is 15.6. The van der Waals surface area contributed by atoms with Crippen LogP contribution in [0.5, 0.6) is 0 Å². The smallest absolute Gasteiger partial charge is 0.407 e. The fourth-order valence-corrected chi connectivity index (χ4v) is 3.83. The van der Waals surface area contributed by atoms with Crippen LogP contribution in [0.2, 0.25) is 0 Å². The first-order valence-electron chi connectivity index (χ1n) is 11.2. The van der Waals surface area contributed by atoms with Crippen molar-refractivity contribution in [3.05, 3.63) is 57.8 Å². The highest BCUT2D eigenvalue weighted by atomic mass is 19.1. The van der Waals surface area contributed by atoms with Gasteiger partial charge in [0.2, 0.25) is 0 Å². The molecule has 2 aromatic rings. The van der Waals surface area contributed by atoms with E-state index in [0.29, 0.717) is 16.9 Å². The molecule has 0 spiro atoms. The lowest BCUT2D eigenvalue weighted by Gasteiger charge is -2.25. The van der Waals surface area contributed by atoms with Gasteiger partial charge in [0.15, 0.2) is 0 Å². The molecule has 0 aliphatic heterocycles. The molecule has 0 unspecified atom stereocenters. The molecule has 1 saturated carbocycles. The molecule has 0 atom stereocenters. The summed E-state index contributed by atoms with van der Waals surface area (Å²) in [5, 5.41) is 17.3. The Morgan fingerprint density at radius 3 is 2.64 bits per heavy atom. The van der Waals surface area contributed by atoms with E-state index >= 15 is 0 Å². The molecular formula is C24H32FN5O3. The van der Waals surface area contributed by atoms with E-state index in [-0.39, 0.29) is 24.0 Å². The Morgan fingerprint density at radius 2 is 1.94 bits per heavy atom. The Labute approximate surface area is 192 Å². The lowest BCUT2D eigenvalue weighted by atomic mass is 9.95. The first-order valence-corrected chi connectivity index (χ1v) is 11.2. The van der Waals surface area contributed by atoms with Gasteiger partial charge in [-0.2, -0.15) is 0 Å². The highest BCUT2D eigenvalue weighted by molar-refractivity contribution is 6.09. The molecule has 3 rings (SSSR count). The number of aromatic nitrogens is 1. The number of hydrogen-bond acceptors (Lipinski definition) is 5. The van der Waals surface area contributed by atoms with Crippen molar-refractivity contribution < 1.29 is 13.9 Å². The maximum Gasteiger partial charge on any atom is 0.407 e. The molecule has 33 heavy (non-hydrogen) atoms. The van der Waals surface area contributed by atoms with Crippen LogP contribution in [0, 0.1) is 11.2 Å². The van der Waals surface area contributed by atoms with Gasteiger partial charge in [-0.1, -0.05) is 19.3 Å². The second kappa shape index (κ2) is 10.5. The molecule has 178 valence electrons. The number of aromatic amines is 1. The largest absolute Gasteiger partial charge is 0.444 e. The molecule has 0 bridgehead atoms. The minimum Gasteiger partial charge on any atom is -0.444 e. The number of alkyl carbamates (subject to hydrolysis) is 1. The summed E-state index contributed by atoms with van der Waals surface area (Å²) in [7, 11) is 0. The minimum atomic E-state index is -0.639. The third-order valence-electron chi connectivity index (χ3n) is 5.24. The fraction of sp³-hybridized carbons (Fsp3) is 0.458. The van der Waals surface area contributed by atoms with Crippen molar-refractivity contribution in [1.29, 1.82) is 5.41 Å². The molecule has 8 nitrogen and oxygen atoms in total. The summed E-state index contributed by atoms with van der Waals surface area (Å²) in [5.74, 6) is -0.678. The molecule has 1 aromatic carbocycles. The lowest BCUT2D eigenvalue weighted by Crippen LogP contribution is -2.32. The van der Waals surface area contributed by atoms with Crippen LogP contribution in [-0.4, -0.2) is 28.6 Å². The second-order valence-electron chi connectivity index (χ2n) is 9.28. The summed E-state index contributed by atoms with van der Waals surface area (Å²) >= 11 is 0. The number of hydrogen-bond donors (Lipinski definition) is 5. The van der Waals surface area contributed by atoms with Crippen molar-refractivity contribution in [2.24, 2.45) is 0 Å². The summed E-state index contributed by atoms with van der Waals surface area (Å²) in [4.78, 5) is 27.0. The number of amidine groups is 1. The lowest BCUT2D eigenvalue weighted by molar-refractivity contribution is 0.0523. The standard InChI is InChI=1S/C24H32FN5O3/c1-24(2,3)33-23(32)28-14-15-11-16(25)13-18(12-15)30-21(26)20-19(9-10-27-22(20)31)29-17-7-5-4-6-8-17/h9-13,17H,4-8,14H2,1-3H3,(H2,26,30)(H,28,32)(H2,27,29,31). The molecule has 1 aliphatic rings. The van der Waals surface area contributed by atoms with E-state index in [1.807, 2.05) is 0 Å². The van der Waals surface area contributed by atoms with Gasteiger partial charge in [-0.3, -0.25) is 10.2 Å². The molecule has 1 fully saturated rings. The number of carbonyl (C=O) groups excluding carboxylic acids is 1. The van der Waals surface area contributed by atoms with Gasteiger partial charge in [-0.15, -0.1) is 0 Å². The molecule has 0 saturated heterocycles. The molecule has 1 aromatic heterocycles. The third-order valence-corrected chi connectivity index (χ3v) is 5.24. The Balaban J connectivity index is 1.72. The fourth-order valence-electron chi connectivity index (χ4n) is 3.83. The van der Waals surface area contributed by atoms with E-state index in [9.17, 15) is 14.0 Å². The van der Waals surface area contributed by atoms with Crippen LogP contribution in [0.4, 0.5) is 20.6 Å². The summed E-state index contributed by atoms with van der Waals surface area (Å²) in [6.07, 6.45) is 6.46. The number of H-pyrrole nitrogens is 1. The SMILES string of the molecule is CC(C)(C)OC(=O)NCc1cc(F)cc(NC(=N)c2c(NC3CCCCC3)cc[nH]c2=O)c1. The number of halogens is 1. The number of benzene rings is 1. The van der Waals surface area contributed by atoms with Crippen molar-refractivity contribution in [3.8, 4) is 0 Å². The van der Waals surface area contributed by atoms with Gasteiger partial charge < -0.3 is 25.7 Å². The van der Waals surface area contributed by atoms with Crippen LogP contribution in [0.3, 0.4) is 0 Å². The topological polar surface area (TPSA) is 119 Å². The third kappa shape index (κ3) is 7.34. The van der Waals surface area contributed by atoms with Crippen molar-refractivity contribution in [2.45, 2.75) is 71.1 Å². The minimum absolute atomic E-state index is 0.0507. The first kappa shape index (κ1) is 24.3. The van der Waals surface area contributed by atoms with Crippen LogP contribution >= 0.6 is 0 Å². The van der Waals surface area contributed by atoms with Gasteiger partial charge in [0.1, 0.15) is 22.8 Å². The van der Waals surface area contributed by atoms with Gasteiger partial charge >= 0.3 is 6.09 Å². The molecule has 9 heteroatoms. The highest BCUT2D eigenvalue weighted by Gasteiger charge is 2.19. The summed E-state index contributed by atoms with van der Waals surface area (Å²) in [6.45, 7) is 5.32. The Kier molecular flexibility index (Phi) is 7.73. The highest BCUT2D eigenvalue weighted by Crippen LogP contribution is 2.23. The van der Waals surface area contributed by atoms with Crippen molar-refractivity contribution in [3.63, 3.8) is 0 Å². The van der Waals surface area contributed by atoms with Crippen LogP contribution < -0.4 is 21.5 Å². The van der Waals surface area contributed by atoms with E-state index in [4.69, 9.17) is 10.1 Å².